The Morgan fingerprint density at radius 3 is 2.55 bits per heavy atom. The third-order valence-electron chi connectivity index (χ3n) is 3.96. The van der Waals surface area contributed by atoms with E-state index in [1.807, 2.05) is 43.3 Å². The van der Waals surface area contributed by atoms with Gasteiger partial charge in [0.2, 0.25) is 5.89 Å². The van der Waals surface area contributed by atoms with E-state index >= 15 is 0 Å². The Morgan fingerprint density at radius 1 is 1.00 bits per heavy atom. The van der Waals surface area contributed by atoms with Crippen molar-refractivity contribution >= 4 is 22.0 Å². The number of benzene rings is 2. The average Bonchev–Trinajstić information content (AvgIpc) is 2.96. The molecule has 0 atom stereocenters. The van der Waals surface area contributed by atoms with E-state index in [9.17, 15) is 4.79 Å². The van der Waals surface area contributed by atoms with Crippen molar-refractivity contribution < 1.29 is 4.42 Å². The molecular weight excluding hydrogens is 276 g/mol. The van der Waals surface area contributed by atoms with E-state index in [1.165, 1.54) is 5.56 Å². The van der Waals surface area contributed by atoms with E-state index in [0.717, 1.165) is 22.0 Å². The fourth-order valence-electron chi connectivity index (χ4n) is 2.66. The zero-order valence-electron chi connectivity index (χ0n) is 12.3. The third kappa shape index (κ3) is 1.84. The van der Waals surface area contributed by atoms with Crippen LogP contribution in [-0.4, -0.2) is 9.55 Å². The monoisotopic (exact) mass is 290 g/mol. The molecule has 2 aromatic heterocycles. The molecule has 0 aliphatic heterocycles. The summed E-state index contributed by atoms with van der Waals surface area (Å²) in [6.45, 7) is 2.05. The molecule has 2 aromatic carbocycles. The predicted molar refractivity (Wildman–Crippen MR) is 86.9 cm³/mol. The molecule has 0 saturated carbocycles. The molecule has 0 fully saturated rings. The largest absolute Gasteiger partial charge is 0.435 e. The Hall–Kier alpha value is -2.88. The first-order valence-corrected chi connectivity index (χ1v) is 7.10. The fourth-order valence-corrected chi connectivity index (χ4v) is 2.66. The van der Waals surface area contributed by atoms with Crippen LogP contribution in [0.1, 0.15) is 5.56 Å². The minimum Gasteiger partial charge on any atom is -0.435 e. The molecule has 0 aliphatic rings. The number of nitrogens with zero attached hydrogens (tertiary/aromatic N) is 2. The second-order valence-corrected chi connectivity index (χ2v) is 5.46. The van der Waals surface area contributed by atoms with Crippen molar-refractivity contribution in [2.24, 2.45) is 7.05 Å². The van der Waals surface area contributed by atoms with Crippen molar-refractivity contribution in [1.82, 2.24) is 9.55 Å². The molecule has 0 radical (unpaired) electrons. The highest BCUT2D eigenvalue weighted by Gasteiger charge is 2.12. The summed E-state index contributed by atoms with van der Waals surface area (Å²) in [4.78, 5) is 16.3. The Balaban J connectivity index is 2.01. The molecule has 4 aromatic rings. The Bertz CT molecular complexity index is 1060. The van der Waals surface area contributed by atoms with Crippen LogP contribution in [0.25, 0.3) is 33.5 Å². The van der Waals surface area contributed by atoms with Crippen LogP contribution in [0.4, 0.5) is 0 Å². The second-order valence-electron chi connectivity index (χ2n) is 5.46. The lowest BCUT2D eigenvalue weighted by atomic mass is 10.1. The topological polar surface area (TPSA) is 48.0 Å². The zero-order chi connectivity index (χ0) is 15.3. The van der Waals surface area contributed by atoms with Gasteiger partial charge in [-0.05, 0) is 37.3 Å². The van der Waals surface area contributed by atoms with Crippen LogP contribution in [0.3, 0.4) is 0 Å². The molecule has 0 N–H and O–H groups in total. The summed E-state index contributed by atoms with van der Waals surface area (Å²) < 4.78 is 7.59. The smallest absolute Gasteiger partial charge is 0.250 e. The van der Waals surface area contributed by atoms with Crippen LogP contribution in [0.5, 0.6) is 0 Å². The highest BCUT2D eigenvalue weighted by atomic mass is 16.3. The standard InChI is InChI=1S/C18H14N2O2/c1-11-3-5-12(6-4-11)18-19-14-8-9-15-13(17(14)22-18)7-10-16(21)20(15)2/h3-10H,1-2H3. The second kappa shape index (κ2) is 4.56. The van der Waals surface area contributed by atoms with E-state index in [4.69, 9.17) is 4.42 Å². The van der Waals surface area contributed by atoms with Gasteiger partial charge < -0.3 is 8.98 Å². The van der Waals surface area contributed by atoms with Crippen molar-refractivity contribution in [3.05, 3.63) is 64.4 Å². The highest BCUT2D eigenvalue weighted by molar-refractivity contribution is 6.02. The average molecular weight is 290 g/mol. The summed E-state index contributed by atoms with van der Waals surface area (Å²) in [7, 11) is 1.76. The number of hydrogen-bond acceptors (Lipinski definition) is 3. The molecule has 0 amide bonds. The van der Waals surface area contributed by atoms with Gasteiger partial charge >= 0.3 is 0 Å². The summed E-state index contributed by atoms with van der Waals surface area (Å²) in [6, 6.07) is 15.2. The van der Waals surface area contributed by atoms with Gasteiger partial charge in [-0.2, -0.15) is 0 Å². The first-order chi connectivity index (χ1) is 10.6. The minimum atomic E-state index is -0.0369. The lowest BCUT2D eigenvalue weighted by molar-refractivity contribution is 0.622. The summed E-state index contributed by atoms with van der Waals surface area (Å²) in [5, 5.41) is 0.894. The van der Waals surface area contributed by atoms with Crippen LogP contribution in [0, 0.1) is 6.92 Å². The lowest BCUT2D eigenvalue weighted by Crippen LogP contribution is -2.14. The van der Waals surface area contributed by atoms with Crippen LogP contribution in [0.2, 0.25) is 0 Å². The fraction of sp³-hybridized carbons (Fsp3) is 0.111. The van der Waals surface area contributed by atoms with Crippen molar-refractivity contribution in [3.63, 3.8) is 0 Å². The van der Waals surface area contributed by atoms with Crippen molar-refractivity contribution in [3.8, 4) is 11.5 Å². The van der Waals surface area contributed by atoms with Gasteiger partial charge in [0.15, 0.2) is 5.58 Å². The molecular formula is C18H14N2O2. The third-order valence-corrected chi connectivity index (χ3v) is 3.96. The molecule has 0 unspecified atom stereocenters. The number of hydrogen-bond donors (Lipinski definition) is 0. The molecule has 4 nitrogen and oxygen atoms in total. The summed E-state index contributed by atoms with van der Waals surface area (Å²) in [6.07, 6.45) is 0. The maximum atomic E-state index is 11.7. The normalized spacial score (nSPS) is 11.4. The molecule has 4 heteroatoms. The van der Waals surface area contributed by atoms with E-state index in [2.05, 4.69) is 4.98 Å². The zero-order valence-corrected chi connectivity index (χ0v) is 12.3. The van der Waals surface area contributed by atoms with Gasteiger partial charge in [0.05, 0.1) is 5.52 Å². The van der Waals surface area contributed by atoms with Gasteiger partial charge in [-0.3, -0.25) is 4.79 Å². The van der Waals surface area contributed by atoms with E-state index < -0.39 is 0 Å². The van der Waals surface area contributed by atoms with Gasteiger partial charge in [-0.25, -0.2) is 4.98 Å². The lowest BCUT2D eigenvalue weighted by Gasteiger charge is -2.03. The van der Waals surface area contributed by atoms with Crippen molar-refractivity contribution in [2.75, 3.05) is 0 Å². The number of fused-ring (bicyclic) bond motifs is 3. The molecule has 108 valence electrons. The van der Waals surface area contributed by atoms with Crippen LogP contribution in [-0.2, 0) is 7.05 Å². The van der Waals surface area contributed by atoms with Crippen LogP contribution < -0.4 is 5.56 Å². The van der Waals surface area contributed by atoms with Crippen LogP contribution >= 0.6 is 0 Å². The Labute approximate surface area is 126 Å². The quantitative estimate of drug-likeness (QED) is 0.537. The molecule has 0 aliphatic carbocycles. The maximum Gasteiger partial charge on any atom is 0.250 e. The molecule has 4 rings (SSSR count). The predicted octanol–water partition coefficient (Wildman–Crippen LogP) is 3.66. The van der Waals surface area contributed by atoms with Crippen LogP contribution in [0.15, 0.2) is 57.7 Å². The molecule has 22 heavy (non-hydrogen) atoms. The molecule has 0 bridgehead atoms. The first-order valence-electron chi connectivity index (χ1n) is 7.10. The van der Waals surface area contributed by atoms with Crippen molar-refractivity contribution in [1.29, 1.82) is 0 Å². The highest BCUT2D eigenvalue weighted by Crippen LogP contribution is 2.29. The molecule has 2 heterocycles. The van der Waals surface area contributed by atoms with E-state index in [-0.39, 0.29) is 5.56 Å². The van der Waals surface area contributed by atoms with Gasteiger partial charge in [-0.1, -0.05) is 17.7 Å². The van der Waals surface area contributed by atoms with Gasteiger partial charge in [0.25, 0.3) is 5.56 Å². The Morgan fingerprint density at radius 2 is 1.77 bits per heavy atom. The van der Waals surface area contributed by atoms with Gasteiger partial charge in [0, 0.05) is 24.1 Å². The number of aryl methyl sites for hydroxylation is 2. The molecule has 0 saturated heterocycles. The van der Waals surface area contributed by atoms with E-state index in [0.29, 0.717) is 11.5 Å². The Kier molecular flexibility index (Phi) is 2.66. The number of aromatic nitrogens is 2. The summed E-state index contributed by atoms with van der Waals surface area (Å²) in [5.41, 5.74) is 4.45. The summed E-state index contributed by atoms with van der Waals surface area (Å²) in [5.74, 6) is 0.594. The minimum absolute atomic E-state index is 0.0369. The number of pyridine rings is 1. The first kappa shape index (κ1) is 12.8. The number of rotatable bonds is 1. The van der Waals surface area contributed by atoms with Gasteiger partial charge in [0.1, 0.15) is 5.52 Å². The van der Waals surface area contributed by atoms with Crippen molar-refractivity contribution in [2.45, 2.75) is 6.92 Å². The number of oxazole rings is 1. The molecule has 0 spiro atoms. The summed E-state index contributed by atoms with van der Waals surface area (Å²) >= 11 is 0. The SMILES string of the molecule is Cc1ccc(-c2nc3ccc4c(ccc(=O)n4C)c3o2)cc1. The van der Waals surface area contributed by atoms with Gasteiger partial charge in [-0.15, -0.1) is 0 Å². The maximum absolute atomic E-state index is 11.7. The van der Waals surface area contributed by atoms with E-state index in [1.54, 1.807) is 23.7 Å².